The molecule has 1 aromatic heterocycles. The quantitative estimate of drug-likeness (QED) is 0.896. The molecule has 4 nitrogen and oxygen atoms in total. The summed E-state index contributed by atoms with van der Waals surface area (Å²) < 4.78 is 0. The van der Waals surface area contributed by atoms with Crippen LogP contribution in [0, 0.1) is 0 Å². The number of aromatic nitrogens is 1. The molecule has 20 heavy (non-hydrogen) atoms. The molecule has 1 heterocycles. The lowest BCUT2D eigenvalue weighted by molar-refractivity contribution is -0.136. The number of nitrogens with zero attached hydrogens (tertiary/aromatic N) is 1. The van der Waals surface area contributed by atoms with Gasteiger partial charge in [-0.05, 0) is 31.0 Å². The maximum Gasteiger partial charge on any atom is 0.307 e. The summed E-state index contributed by atoms with van der Waals surface area (Å²) in [7, 11) is 0. The third-order valence-corrected chi connectivity index (χ3v) is 3.06. The molecule has 0 bridgehead atoms. The van der Waals surface area contributed by atoms with E-state index in [2.05, 4.69) is 4.98 Å². The third kappa shape index (κ3) is 3.42. The number of carbonyl (C=O) groups is 1. The first kappa shape index (κ1) is 14.2. The number of aliphatic hydroxyl groups is 1. The molecule has 2 N–H and O–H groups in total. The predicted octanol–water partition coefficient (Wildman–Crippen LogP) is 2.60. The summed E-state index contributed by atoms with van der Waals surface area (Å²) in [5, 5.41) is 18.8. The highest BCUT2D eigenvalue weighted by Gasteiger charge is 2.16. The summed E-state index contributed by atoms with van der Waals surface area (Å²) >= 11 is 0. The van der Waals surface area contributed by atoms with Gasteiger partial charge in [0.2, 0.25) is 0 Å². The van der Waals surface area contributed by atoms with Crippen molar-refractivity contribution in [1.82, 2.24) is 4.98 Å². The van der Waals surface area contributed by atoms with Gasteiger partial charge in [-0.25, -0.2) is 0 Å². The highest BCUT2D eigenvalue weighted by molar-refractivity contribution is 5.72. The van der Waals surface area contributed by atoms with Gasteiger partial charge >= 0.3 is 5.97 Å². The Balaban J connectivity index is 2.39. The SMILES string of the molecule is CC(C)(O)c1cncc(-c2cccc(CC(=O)O)c2)c1. The topological polar surface area (TPSA) is 70.4 Å². The van der Waals surface area contributed by atoms with E-state index in [1.54, 1.807) is 32.3 Å². The molecular formula is C16H17NO3. The number of benzene rings is 1. The Morgan fingerprint density at radius 2 is 1.95 bits per heavy atom. The van der Waals surface area contributed by atoms with Crippen LogP contribution in [0.1, 0.15) is 25.0 Å². The van der Waals surface area contributed by atoms with E-state index in [0.29, 0.717) is 0 Å². The Kier molecular flexibility index (Phi) is 3.86. The van der Waals surface area contributed by atoms with E-state index in [1.165, 1.54) is 0 Å². The Hall–Kier alpha value is -2.20. The van der Waals surface area contributed by atoms with Gasteiger partial charge in [-0.3, -0.25) is 9.78 Å². The lowest BCUT2D eigenvalue weighted by atomic mass is 9.96. The van der Waals surface area contributed by atoms with Gasteiger partial charge in [0.25, 0.3) is 0 Å². The number of aliphatic carboxylic acids is 1. The van der Waals surface area contributed by atoms with Crippen LogP contribution in [0.3, 0.4) is 0 Å². The van der Waals surface area contributed by atoms with Crippen molar-refractivity contribution in [3.8, 4) is 11.1 Å². The summed E-state index contributed by atoms with van der Waals surface area (Å²) in [5.41, 5.74) is 2.25. The second-order valence-electron chi connectivity index (χ2n) is 5.29. The van der Waals surface area contributed by atoms with E-state index in [1.807, 2.05) is 24.3 Å². The Bertz CT molecular complexity index is 630. The molecule has 2 rings (SSSR count). The first-order chi connectivity index (χ1) is 9.36. The zero-order chi connectivity index (χ0) is 14.8. The summed E-state index contributed by atoms with van der Waals surface area (Å²) in [6, 6.07) is 9.21. The molecule has 104 valence electrons. The number of hydrogen-bond acceptors (Lipinski definition) is 3. The third-order valence-electron chi connectivity index (χ3n) is 3.06. The molecule has 2 aromatic rings. The van der Waals surface area contributed by atoms with Crippen molar-refractivity contribution in [3.05, 3.63) is 53.9 Å². The molecule has 0 aliphatic carbocycles. The number of pyridine rings is 1. The lowest BCUT2D eigenvalue weighted by Crippen LogP contribution is -2.15. The van der Waals surface area contributed by atoms with E-state index in [-0.39, 0.29) is 6.42 Å². The number of hydrogen-bond donors (Lipinski definition) is 2. The molecule has 0 fully saturated rings. The maximum atomic E-state index is 10.8. The zero-order valence-electron chi connectivity index (χ0n) is 11.5. The largest absolute Gasteiger partial charge is 0.481 e. The zero-order valence-corrected chi connectivity index (χ0v) is 11.5. The molecule has 1 aromatic carbocycles. The molecule has 4 heteroatoms. The Labute approximate surface area is 117 Å². The molecule has 0 saturated carbocycles. The van der Waals surface area contributed by atoms with Gasteiger partial charge in [0.1, 0.15) is 0 Å². The van der Waals surface area contributed by atoms with Crippen molar-refractivity contribution < 1.29 is 15.0 Å². The van der Waals surface area contributed by atoms with Crippen molar-refractivity contribution in [2.24, 2.45) is 0 Å². The van der Waals surface area contributed by atoms with Crippen molar-refractivity contribution in [1.29, 1.82) is 0 Å². The minimum atomic E-state index is -0.957. The second-order valence-corrected chi connectivity index (χ2v) is 5.29. The van der Waals surface area contributed by atoms with Crippen LogP contribution in [0.25, 0.3) is 11.1 Å². The van der Waals surface area contributed by atoms with Crippen LogP contribution in [0.4, 0.5) is 0 Å². The lowest BCUT2D eigenvalue weighted by Gasteiger charge is -2.18. The average Bonchev–Trinajstić information content (AvgIpc) is 2.37. The van der Waals surface area contributed by atoms with Crippen molar-refractivity contribution in [2.75, 3.05) is 0 Å². The fourth-order valence-corrected chi connectivity index (χ4v) is 1.97. The molecule has 0 unspecified atom stereocenters. The number of carboxylic acids is 1. The van der Waals surface area contributed by atoms with Crippen molar-refractivity contribution in [2.45, 2.75) is 25.9 Å². The Morgan fingerprint density at radius 3 is 2.60 bits per heavy atom. The minimum absolute atomic E-state index is 0.00749. The molecular weight excluding hydrogens is 254 g/mol. The van der Waals surface area contributed by atoms with Crippen molar-refractivity contribution in [3.63, 3.8) is 0 Å². The van der Waals surface area contributed by atoms with Crippen LogP contribution >= 0.6 is 0 Å². The van der Waals surface area contributed by atoms with Crippen LogP contribution in [-0.4, -0.2) is 21.2 Å². The summed E-state index contributed by atoms with van der Waals surface area (Å²) in [4.78, 5) is 14.9. The minimum Gasteiger partial charge on any atom is -0.481 e. The summed E-state index contributed by atoms with van der Waals surface area (Å²) in [6.45, 7) is 3.41. The van der Waals surface area contributed by atoms with E-state index in [9.17, 15) is 9.90 Å². The summed E-state index contributed by atoms with van der Waals surface area (Å²) in [5.74, 6) is -0.856. The van der Waals surface area contributed by atoms with Crippen LogP contribution in [-0.2, 0) is 16.8 Å². The predicted molar refractivity (Wildman–Crippen MR) is 76.3 cm³/mol. The second kappa shape index (κ2) is 5.43. The maximum absolute atomic E-state index is 10.8. The molecule has 0 amide bonds. The number of carboxylic acid groups (broad SMARTS) is 1. The van der Waals surface area contributed by atoms with Crippen molar-refractivity contribution >= 4 is 5.97 Å². The van der Waals surface area contributed by atoms with Crippen LogP contribution in [0.15, 0.2) is 42.7 Å². The smallest absolute Gasteiger partial charge is 0.307 e. The van der Waals surface area contributed by atoms with Gasteiger partial charge in [-0.1, -0.05) is 24.3 Å². The van der Waals surface area contributed by atoms with Gasteiger partial charge in [-0.2, -0.15) is 0 Å². The van der Waals surface area contributed by atoms with Gasteiger partial charge in [0.05, 0.1) is 12.0 Å². The monoisotopic (exact) mass is 271 g/mol. The fourth-order valence-electron chi connectivity index (χ4n) is 1.97. The molecule has 0 spiro atoms. The van der Waals surface area contributed by atoms with E-state index in [0.717, 1.165) is 22.3 Å². The first-order valence-corrected chi connectivity index (χ1v) is 6.35. The highest BCUT2D eigenvalue weighted by atomic mass is 16.4. The van der Waals surface area contributed by atoms with Crippen LogP contribution in [0.5, 0.6) is 0 Å². The standard InChI is InChI=1S/C16H17NO3/c1-16(2,20)14-8-13(9-17-10-14)12-5-3-4-11(6-12)7-15(18)19/h3-6,8-10,20H,7H2,1-2H3,(H,18,19). The average molecular weight is 271 g/mol. The van der Waals surface area contributed by atoms with Gasteiger partial charge in [0, 0.05) is 23.5 Å². The van der Waals surface area contributed by atoms with E-state index in [4.69, 9.17) is 5.11 Å². The molecule has 0 radical (unpaired) electrons. The molecule has 0 aliphatic rings. The van der Waals surface area contributed by atoms with Gasteiger partial charge in [-0.15, -0.1) is 0 Å². The Morgan fingerprint density at radius 1 is 1.20 bits per heavy atom. The van der Waals surface area contributed by atoms with Gasteiger partial charge in [0.15, 0.2) is 0 Å². The molecule has 0 aliphatic heterocycles. The van der Waals surface area contributed by atoms with Crippen LogP contribution in [0.2, 0.25) is 0 Å². The normalized spacial score (nSPS) is 11.3. The highest BCUT2D eigenvalue weighted by Crippen LogP contribution is 2.25. The van der Waals surface area contributed by atoms with E-state index >= 15 is 0 Å². The fraction of sp³-hybridized carbons (Fsp3) is 0.250. The first-order valence-electron chi connectivity index (χ1n) is 6.35. The molecule has 0 saturated heterocycles. The number of rotatable bonds is 4. The van der Waals surface area contributed by atoms with E-state index < -0.39 is 11.6 Å². The van der Waals surface area contributed by atoms with Gasteiger partial charge < -0.3 is 10.2 Å². The van der Waals surface area contributed by atoms with Crippen LogP contribution < -0.4 is 0 Å². The molecule has 0 atom stereocenters. The summed E-state index contributed by atoms with van der Waals surface area (Å²) in [6.07, 6.45) is 3.33.